The van der Waals surface area contributed by atoms with Crippen LogP contribution in [0.1, 0.15) is 92.1 Å². The van der Waals surface area contributed by atoms with Crippen molar-refractivity contribution in [1.29, 1.82) is 0 Å². The predicted molar refractivity (Wildman–Crippen MR) is 211 cm³/mol. The molecule has 1 fully saturated rings. The van der Waals surface area contributed by atoms with Gasteiger partial charge in [0.15, 0.2) is 0 Å². The number of rotatable bonds is 10. The van der Waals surface area contributed by atoms with Crippen LogP contribution < -0.4 is 14.2 Å². The quantitative estimate of drug-likeness (QED) is 0.113. The van der Waals surface area contributed by atoms with Gasteiger partial charge in [-0.1, -0.05) is 36.4 Å². The number of nitrogens with zero attached hydrogens (tertiary/aromatic N) is 3. The van der Waals surface area contributed by atoms with E-state index < -0.39 is 63.1 Å². The summed E-state index contributed by atoms with van der Waals surface area (Å²) in [5.41, 5.74) is -3.22. The topological polar surface area (TPSA) is 108 Å². The van der Waals surface area contributed by atoms with Crippen LogP contribution in [0, 0.1) is 5.41 Å². The zero-order chi connectivity index (χ0) is 43.3. The molecule has 324 valence electrons. The molecule has 2 aromatic heterocycles. The van der Waals surface area contributed by atoms with Crippen molar-refractivity contribution < 1.29 is 59.7 Å². The third-order valence-electron chi connectivity index (χ3n) is 10.9. The molecule has 0 bridgehead atoms. The maximum Gasteiger partial charge on any atom is 0.425 e. The average molecular weight is 864 g/mol. The van der Waals surface area contributed by atoms with Crippen molar-refractivity contribution in [2.75, 3.05) is 39.5 Å². The summed E-state index contributed by atoms with van der Waals surface area (Å²) in [7, 11) is 0. The number of alkyl halides is 6. The fraction of sp³-hybridized carbons (Fsp3) is 0.488. The monoisotopic (exact) mass is 863 g/mol. The first-order chi connectivity index (χ1) is 28.5. The largest absolute Gasteiger partial charge is 0.493 e. The number of aromatic nitrogens is 1. The Labute approximate surface area is 348 Å². The number of para-hydroxylation sites is 1. The average Bonchev–Trinajstić information content (AvgIpc) is 3.69. The summed E-state index contributed by atoms with van der Waals surface area (Å²) < 4.78 is 108. The van der Waals surface area contributed by atoms with Crippen molar-refractivity contribution >= 4 is 34.7 Å². The summed E-state index contributed by atoms with van der Waals surface area (Å²) in [5.74, 6) is -2.23. The normalized spacial score (nSPS) is 20.4. The minimum Gasteiger partial charge on any atom is -0.493 e. The molecule has 60 heavy (non-hydrogen) atoms. The lowest BCUT2D eigenvalue weighted by Crippen LogP contribution is -2.68. The Morgan fingerprint density at radius 3 is 2.52 bits per heavy atom. The highest BCUT2D eigenvalue weighted by Crippen LogP contribution is 2.44. The van der Waals surface area contributed by atoms with Gasteiger partial charge in [0.25, 0.3) is 11.8 Å². The van der Waals surface area contributed by atoms with E-state index in [-0.39, 0.29) is 70.4 Å². The smallest absolute Gasteiger partial charge is 0.425 e. The molecule has 3 aliphatic rings. The zero-order valence-electron chi connectivity index (χ0n) is 33.5. The molecule has 0 radical (unpaired) electrons. The van der Waals surface area contributed by atoms with E-state index in [9.17, 15) is 35.9 Å². The standard InChI is InChI=1S/C43H47F6N3O7S/c1-4-56-39(55)40(2,3)19-25-57-32-13-9-8-12-30(32)28-16-22-51(23-17-28)38(54)41(59-29-26-34(60-27-29)43(47,48)49)18-11-21-52-33(41)14-7-5-6-10-24-58-36-35(37(52)53)31(15-20-50-36)42(44,45)46/h5,7-9,12-13,15-16,20,26-27,33H,4,6,10-11,14,17-19,21-25H2,1-3H3/t33-,41+/m1/s1. The van der Waals surface area contributed by atoms with Crippen LogP contribution in [-0.4, -0.2) is 83.7 Å². The summed E-state index contributed by atoms with van der Waals surface area (Å²) in [5, 5.41) is 1.14. The van der Waals surface area contributed by atoms with E-state index in [1.54, 1.807) is 39.0 Å². The lowest BCUT2D eigenvalue weighted by atomic mass is 9.79. The number of hydrogen-bond acceptors (Lipinski definition) is 9. The van der Waals surface area contributed by atoms with Crippen LogP contribution >= 0.6 is 11.3 Å². The Hall–Kier alpha value is -5.06. The van der Waals surface area contributed by atoms with E-state index in [0.717, 1.165) is 33.7 Å². The van der Waals surface area contributed by atoms with Gasteiger partial charge in [-0.05, 0) is 77.0 Å². The minimum atomic E-state index is -4.97. The SMILES string of the molecule is CCOC(=O)C(C)(C)CCOc1ccccc1C1=CCN(C(=O)[C@]2(Oc3csc(C(F)(F)F)c3)CCCN3C(=O)c4c(C(F)(F)F)ccnc4OCCCC=CC[C@@H]32)CC1. The number of carbonyl (C=O) groups is 3. The van der Waals surface area contributed by atoms with Crippen LogP contribution in [0.15, 0.2) is 66.2 Å². The first kappa shape index (κ1) is 44.5. The number of allylic oxidation sites excluding steroid dienone is 1. The molecule has 1 saturated heterocycles. The molecule has 5 heterocycles. The summed E-state index contributed by atoms with van der Waals surface area (Å²) >= 11 is 0.381. The highest BCUT2D eigenvalue weighted by Gasteiger charge is 2.56. The van der Waals surface area contributed by atoms with E-state index in [0.29, 0.717) is 48.8 Å². The van der Waals surface area contributed by atoms with E-state index in [1.165, 1.54) is 4.90 Å². The third-order valence-corrected chi connectivity index (χ3v) is 11.9. The molecule has 17 heteroatoms. The molecule has 3 aliphatic heterocycles. The number of hydrogen-bond donors (Lipinski definition) is 0. The Balaban J connectivity index is 1.35. The number of halogens is 6. The second-order valence-corrected chi connectivity index (χ2v) is 16.3. The molecule has 0 spiro atoms. The summed E-state index contributed by atoms with van der Waals surface area (Å²) in [6.07, 6.45) is -1.85. The summed E-state index contributed by atoms with van der Waals surface area (Å²) in [6.45, 7) is 5.90. The maximum absolute atomic E-state index is 15.1. The Morgan fingerprint density at radius 1 is 1.03 bits per heavy atom. The lowest BCUT2D eigenvalue weighted by molar-refractivity contribution is -0.158. The number of pyridine rings is 1. The summed E-state index contributed by atoms with van der Waals surface area (Å²) in [4.78, 5) is 47.8. The van der Waals surface area contributed by atoms with Gasteiger partial charge in [-0.3, -0.25) is 14.4 Å². The van der Waals surface area contributed by atoms with Gasteiger partial charge in [0.05, 0.1) is 36.8 Å². The van der Waals surface area contributed by atoms with Crippen molar-refractivity contribution in [1.82, 2.24) is 14.8 Å². The number of fused-ring (bicyclic) bond motifs is 2. The van der Waals surface area contributed by atoms with Gasteiger partial charge in [-0.25, -0.2) is 4.98 Å². The molecular formula is C43H47F6N3O7S. The second kappa shape index (κ2) is 18.3. The van der Waals surface area contributed by atoms with E-state index in [1.807, 2.05) is 24.3 Å². The molecule has 1 aromatic carbocycles. The van der Waals surface area contributed by atoms with E-state index in [4.69, 9.17) is 18.9 Å². The molecule has 3 aromatic rings. The third kappa shape index (κ3) is 9.76. The number of piperidine rings is 1. The molecule has 0 aliphatic carbocycles. The minimum absolute atomic E-state index is 0.0116. The van der Waals surface area contributed by atoms with Gasteiger partial charge < -0.3 is 28.7 Å². The predicted octanol–water partition coefficient (Wildman–Crippen LogP) is 9.40. The van der Waals surface area contributed by atoms with E-state index >= 15 is 4.79 Å². The van der Waals surface area contributed by atoms with Crippen molar-refractivity contribution in [2.24, 2.45) is 5.41 Å². The number of amides is 2. The van der Waals surface area contributed by atoms with Crippen LogP contribution in [0.2, 0.25) is 0 Å². The van der Waals surface area contributed by atoms with Crippen LogP contribution in [0.4, 0.5) is 26.3 Å². The Bertz CT molecular complexity index is 2100. The fourth-order valence-corrected chi connectivity index (χ4v) is 8.39. The summed E-state index contributed by atoms with van der Waals surface area (Å²) in [6, 6.07) is 7.57. The molecule has 6 rings (SSSR count). The maximum atomic E-state index is 15.1. The van der Waals surface area contributed by atoms with Crippen molar-refractivity contribution in [2.45, 2.75) is 89.7 Å². The highest BCUT2D eigenvalue weighted by atomic mass is 32.1. The number of benzene rings is 1. The number of carbonyl (C=O) groups excluding carboxylic acids is 3. The van der Waals surface area contributed by atoms with E-state index in [2.05, 4.69) is 4.98 Å². The molecular weight excluding hydrogens is 817 g/mol. The molecule has 2 amide bonds. The van der Waals surface area contributed by atoms with Crippen molar-refractivity contribution in [3.63, 3.8) is 0 Å². The van der Waals surface area contributed by atoms with Gasteiger partial charge >= 0.3 is 18.3 Å². The highest BCUT2D eigenvalue weighted by molar-refractivity contribution is 7.10. The fourth-order valence-electron chi connectivity index (χ4n) is 7.71. The zero-order valence-corrected chi connectivity index (χ0v) is 34.3. The van der Waals surface area contributed by atoms with Gasteiger partial charge in [0.2, 0.25) is 11.5 Å². The van der Waals surface area contributed by atoms with Crippen LogP contribution in [0.25, 0.3) is 5.57 Å². The van der Waals surface area contributed by atoms with Gasteiger partial charge in [0.1, 0.15) is 21.9 Å². The van der Waals surface area contributed by atoms with Crippen molar-refractivity contribution in [3.05, 3.63) is 87.8 Å². The lowest BCUT2D eigenvalue weighted by Gasteiger charge is -2.50. The number of esters is 1. The van der Waals surface area contributed by atoms with Crippen LogP contribution in [-0.2, 0) is 26.7 Å². The molecule has 0 N–H and O–H groups in total. The van der Waals surface area contributed by atoms with Crippen molar-refractivity contribution in [3.8, 4) is 17.4 Å². The van der Waals surface area contributed by atoms with Gasteiger partial charge in [0, 0.05) is 49.3 Å². The van der Waals surface area contributed by atoms with Gasteiger partial charge in [-0.2, -0.15) is 26.3 Å². The molecule has 0 saturated carbocycles. The second-order valence-electron chi connectivity index (χ2n) is 15.4. The first-order valence-electron chi connectivity index (χ1n) is 19.8. The van der Waals surface area contributed by atoms with Crippen LogP contribution in [0.3, 0.4) is 0 Å². The molecule has 2 atom stereocenters. The number of ether oxygens (including phenoxy) is 4. The van der Waals surface area contributed by atoms with Crippen LogP contribution in [0.5, 0.6) is 17.4 Å². The Morgan fingerprint density at radius 2 is 1.82 bits per heavy atom. The first-order valence-corrected chi connectivity index (χ1v) is 20.7. The molecule has 10 nitrogen and oxygen atoms in total. The number of thiophene rings is 1. The Kier molecular flexibility index (Phi) is 13.6. The van der Waals surface area contributed by atoms with Gasteiger partial charge in [-0.15, -0.1) is 11.3 Å². The molecule has 0 unspecified atom stereocenters.